The quantitative estimate of drug-likeness (QED) is 0.453. The molecule has 2 amide bonds. The molecule has 0 aliphatic rings. The lowest BCUT2D eigenvalue weighted by molar-refractivity contribution is -0.119. The van der Waals surface area contributed by atoms with Crippen molar-refractivity contribution in [2.45, 2.75) is 4.90 Å². The largest absolute Gasteiger partial charge is 0.398 e. The van der Waals surface area contributed by atoms with Gasteiger partial charge in [0.15, 0.2) is 0 Å². The van der Waals surface area contributed by atoms with E-state index in [-0.39, 0.29) is 17.6 Å². The van der Waals surface area contributed by atoms with E-state index in [1.54, 1.807) is 35.7 Å². The van der Waals surface area contributed by atoms with Crippen LogP contribution in [-0.4, -0.2) is 17.6 Å². The molecule has 0 saturated carbocycles. The Bertz CT molecular complexity index is 627. The molecule has 0 saturated heterocycles. The van der Waals surface area contributed by atoms with Crippen LogP contribution in [0.25, 0.3) is 0 Å². The van der Waals surface area contributed by atoms with Crippen LogP contribution in [0, 0.1) is 0 Å². The molecule has 0 aliphatic heterocycles. The van der Waals surface area contributed by atoms with Gasteiger partial charge in [0.1, 0.15) is 0 Å². The lowest BCUT2D eigenvalue weighted by Crippen LogP contribution is -2.42. The van der Waals surface area contributed by atoms with Crippen molar-refractivity contribution in [2.75, 3.05) is 11.5 Å². The first-order valence-electron chi connectivity index (χ1n) is 5.87. The molecular formula is C13H12ClN3O2S2. The molecule has 1 aromatic heterocycles. The van der Waals surface area contributed by atoms with Crippen LogP contribution in [0.15, 0.2) is 40.6 Å². The molecule has 5 nitrogen and oxygen atoms in total. The van der Waals surface area contributed by atoms with Gasteiger partial charge in [-0.1, -0.05) is 23.7 Å². The van der Waals surface area contributed by atoms with E-state index in [0.29, 0.717) is 20.5 Å². The van der Waals surface area contributed by atoms with Crippen molar-refractivity contribution < 1.29 is 9.59 Å². The lowest BCUT2D eigenvalue weighted by Gasteiger charge is -2.08. The number of benzene rings is 1. The van der Waals surface area contributed by atoms with Gasteiger partial charge in [-0.2, -0.15) is 0 Å². The molecule has 0 atom stereocenters. The van der Waals surface area contributed by atoms with Gasteiger partial charge in [0.05, 0.1) is 15.7 Å². The highest BCUT2D eigenvalue weighted by atomic mass is 35.5. The minimum atomic E-state index is -0.347. The molecule has 0 unspecified atom stereocenters. The number of amides is 2. The molecule has 0 aliphatic carbocycles. The summed E-state index contributed by atoms with van der Waals surface area (Å²) in [5, 5.41) is 2.28. The minimum absolute atomic E-state index is 0.0959. The summed E-state index contributed by atoms with van der Waals surface area (Å²) in [6.45, 7) is 0. The fourth-order valence-electron chi connectivity index (χ4n) is 1.45. The Balaban J connectivity index is 1.81. The molecule has 21 heavy (non-hydrogen) atoms. The van der Waals surface area contributed by atoms with Gasteiger partial charge in [-0.25, -0.2) is 0 Å². The summed E-state index contributed by atoms with van der Waals surface area (Å²) < 4.78 is 0. The van der Waals surface area contributed by atoms with Crippen molar-refractivity contribution in [2.24, 2.45) is 0 Å². The van der Waals surface area contributed by atoms with Crippen LogP contribution >= 0.6 is 34.7 Å². The van der Waals surface area contributed by atoms with Crippen molar-refractivity contribution in [1.29, 1.82) is 0 Å². The predicted molar refractivity (Wildman–Crippen MR) is 86.5 cm³/mol. The zero-order valence-corrected chi connectivity index (χ0v) is 13.1. The van der Waals surface area contributed by atoms with Gasteiger partial charge in [-0.15, -0.1) is 23.1 Å². The molecule has 0 fully saturated rings. The van der Waals surface area contributed by atoms with Crippen molar-refractivity contribution >= 4 is 52.2 Å². The van der Waals surface area contributed by atoms with Gasteiger partial charge < -0.3 is 5.73 Å². The number of carbonyl (C=O) groups is 2. The SMILES string of the molecule is Nc1cccc(Cl)c1SCC(=O)NNC(=O)c1cccs1. The van der Waals surface area contributed by atoms with E-state index in [9.17, 15) is 9.59 Å². The first-order chi connectivity index (χ1) is 10.1. The second-order valence-corrected chi connectivity index (χ2v) is 6.27. The number of hydrazine groups is 1. The number of halogens is 1. The van der Waals surface area contributed by atoms with Gasteiger partial charge in [-0.05, 0) is 23.6 Å². The minimum Gasteiger partial charge on any atom is -0.398 e. The molecule has 0 radical (unpaired) electrons. The second-order valence-electron chi connectivity index (χ2n) is 3.93. The Labute approximate surface area is 134 Å². The monoisotopic (exact) mass is 341 g/mol. The number of nitrogen functional groups attached to an aromatic ring is 1. The number of carbonyl (C=O) groups excluding carboxylic acids is 2. The van der Waals surface area contributed by atoms with Crippen LogP contribution in [-0.2, 0) is 4.79 Å². The third-order valence-corrected chi connectivity index (χ3v) is 4.85. The Morgan fingerprint density at radius 2 is 2.05 bits per heavy atom. The van der Waals surface area contributed by atoms with E-state index >= 15 is 0 Å². The molecule has 8 heteroatoms. The number of rotatable bonds is 4. The molecule has 0 bridgehead atoms. The highest BCUT2D eigenvalue weighted by molar-refractivity contribution is 8.00. The van der Waals surface area contributed by atoms with E-state index in [4.69, 9.17) is 17.3 Å². The normalized spacial score (nSPS) is 10.1. The lowest BCUT2D eigenvalue weighted by atomic mass is 10.3. The first kappa shape index (κ1) is 15.7. The molecule has 2 rings (SSSR count). The van der Waals surface area contributed by atoms with Crippen LogP contribution in [0.1, 0.15) is 9.67 Å². The maximum Gasteiger partial charge on any atom is 0.279 e. The van der Waals surface area contributed by atoms with Crippen LogP contribution in [0.3, 0.4) is 0 Å². The van der Waals surface area contributed by atoms with Crippen LogP contribution in [0.4, 0.5) is 5.69 Å². The first-order valence-corrected chi connectivity index (χ1v) is 8.11. The Kier molecular flexibility index (Phi) is 5.49. The average molecular weight is 342 g/mol. The van der Waals surface area contributed by atoms with E-state index in [2.05, 4.69) is 10.9 Å². The molecule has 4 N–H and O–H groups in total. The topological polar surface area (TPSA) is 84.2 Å². The summed E-state index contributed by atoms with van der Waals surface area (Å²) >= 11 is 8.51. The molecule has 1 aromatic carbocycles. The van der Waals surface area contributed by atoms with Gasteiger partial charge in [-0.3, -0.25) is 20.4 Å². The third-order valence-electron chi connectivity index (χ3n) is 2.41. The average Bonchev–Trinajstić information content (AvgIpc) is 2.98. The van der Waals surface area contributed by atoms with Gasteiger partial charge >= 0.3 is 0 Å². The number of nitrogens with two attached hydrogens (primary N) is 1. The van der Waals surface area contributed by atoms with Crippen molar-refractivity contribution in [3.63, 3.8) is 0 Å². The number of hydrogen-bond donors (Lipinski definition) is 3. The number of anilines is 1. The van der Waals surface area contributed by atoms with Crippen LogP contribution in [0.2, 0.25) is 5.02 Å². The van der Waals surface area contributed by atoms with E-state index in [1.165, 1.54) is 23.1 Å². The fourth-order valence-corrected chi connectivity index (χ4v) is 3.20. The number of thioether (sulfide) groups is 1. The zero-order chi connectivity index (χ0) is 15.2. The van der Waals surface area contributed by atoms with Gasteiger partial charge in [0.25, 0.3) is 5.91 Å². The summed E-state index contributed by atoms with van der Waals surface area (Å²) in [6.07, 6.45) is 0. The molecule has 110 valence electrons. The smallest absolute Gasteiger partial charge is 0.279 e. The van der Waals surface area contributed by atoms with E-state index in [1.807, 2.05) is 0 Å². The Morgan fingerprint density at radius 1 is 1.24 bits per heavy atom. The predicted octanol–water partition coefficient (Wildman–Crippen LogP) is 2.54. The summed E-state index contributed by atoms with van der Waals surface area (Å²) in [6, 6.07) is 8.59. The number of nitrogens with one attached hydrogen (secondary N) is 2. The highest BCUT2D eigenvalue weighted by Crippen LogP contribution is 2.32. The Hall–Kier alpha value is -1.70. The van der Waals surface area contributed by atoms with Crippen molar-refractivity contribution in [3.05, 3.63) is 45.6 Å². The molecule has 0 spiro atoms. The third kappa shape index (κ3) is 4.38. The van der Waals surface area contributed by atoms with E-state index in [0.717, 1.165) is 0 Å². The maximum absolute atomic E-state index is 11.7. The summed E-state index contributed by atoms with van der Waals surface area (Å²) in [5.74, 6) is -0.594. The maximum atomic E-state index is 11.7. The fraction of sp³-hybridized carbons (Fsp3) is 0.0769. The number of hydrogen-bond acceptors (Lipinski definition) is 5. The molecule has 2 aromatic rings. The van der Waals surface area contributed by atoms with Crippen LogP contribution < -0.4 is 16.6 Å². The Morgan fingerprint density at radius 3 is 2.71 bits per heavy atom. The van der Waals surface area contributed by atoms with Crippen molar-refractivity contribution in [3.8, 4) is 0 Å². The second kappa shape index (κ2) is 7.35. The summed E-state index contributed by atoms with van der Waals surface area (Å²) in [5.41, 5.74) is 11.0. The molecular weight excluding hydrogens is 330 g/mol. The van der Waals surface area contributed by atoms with Gasteiger partial charge in [0, 0.05) is 10.6 Å². The van der Waals surface area contributed by atoms with Crippen LogP contribution in [0.5, 0.6) is 0 Å². The van der Waals surface area contributed by atoms with Crippen molar-refractivity contribution in [1.82, 2.24) is 10.9 Å². The van der Waals surface area contributed by atoms with E-state index < -0.39 is 0 Å². The van der Waals surface area contributed by atoms with Gasteiger partial charge in [0.2, 0.25) is 5.91 Å². The zero-order valence-electron chi connectivity index (χ0n) is 10.8. The summed E-state index contributed by atoms with van der Waals surface area (Å²) in [4.78, 5) is 24.5. The highest BCUT2D eigenvalue weighted by Gasteiger charge is 2.10. The summed E-state index contributed by atoms with van der Waals surface area (Å²) in [7, 11) is 0. The molecule has 1 heterocycles. The standard InChI is InChI=1S/C13H12ClN3O2S2/c14-8-3-1-4-9(15)12(8)21-7-11(18)16-17-13(19)10-5-2-6-20-10/h1-6H,7,15H2,(H,16,18)(H,17,19). The number of thiophene rings is 1.